The van der Waals surface area contributed by atoms with Crippen LogP contribution in [-0.2, 0) is 0 Å². The lowest BCUT2D eigenvalue weighted by Gasteiger charge is -2.07. The lowest BCUT2D eigenvalue weighted by molar-refractivity contribution is -0.385. The van der Waals surface area contributed by atoms with Crippen molar-refractivity contribution in [1.29, 1.82) is 0 Å². The second-order valence-corrected chi connectivity index (χ2v) is 5.50. The highest BCUT2D eigenvalue weighted by Crippen LogP contribution is 2.34. The molecular weight excluding hydrogens is 260 g/mol. The topological polar surface area (TPSA) is 69.2 Å². The third kappa shape index (κ3) is 3.26. The molecule has 0 aliphatic carbocycles. The number of non-ortho nitro benzene ring substituents is 1. The number of nitro groups is 1. The SMILES string of the molecule is Cc1ccc(Sc2cc(N)cc([N+](=O)[O-])c2)c(C)c1. The van der Waals surface area contributed by atoms with Gasteiger partial charge in [-0.1, -0.05) is 29.5 Å². The fourth-order valence-corrected chi connectivity index (χ4v) is 2.80. The van der Waals surface area contributed by atoms with Crippen LogP contribution in [0.3, 0.4) is 0 Å². The van der Waals surface area contributed by atoms with Crippen LogP contribution < -0.4 is 5.73 Å². The Balaban J connectivity index is 2.35. The third-order valence-electron chi connectivity index (χ3n) is 2.68. The van der Waals surface area contributed by atoms with E-state index < -0.39 is 4.92 Å². The van der Waals surface area contributed by atoms with Crippen molar-refractivity contribution in [2.24, 2.45) is 0 Å². The standard InChI is InChI=1S/C14H14N2O2S/c1-9-3-4-14(10(2)5-9)19-13-7-11(15)6-12(8-13)16(17)18/h3-8H,15H2,1-2H3. The van der Waals surface area contributed by atoms with Gasteiger partial charge in [0.15, 0.2) is 0 Å². The van der Waals surface area contributed by atoms with Crippen LogP contribution in [0, 0.1) is 24.0 Å². The van der Waals surface area contributed by atoms with Gasteiger partial charge in [-0.05, 0) is 31.5 Å². The van der Waals surface area contributed by atoms with Crippen LogP contribution in [0.2, 0.25) is 0 Å². The molecule has 0 aliphatic rings. The fourth-order valence-electron chi connectivity index (χ4n) is 1.81. The summed E-state index contributed by atoms with van der Waals surface area (Å²) in [6.45, 7) is 4.06. The van der Waals surface area contributed by atoms with Crippen molar-refractivity contribution < 1.29 is 4.92 Å². The highest BCUT2D eigenvalue weighted by molar-refractivity contribution is 7.99. The average Bonchev–Trinajstić information content (AvgIpc) is 2.32. The number of rotatable bonds is 3. The zero-order valence-corrected chi connectivity index (χ0v) is 11.5. The lowest BCUT2D eigenvalue weighted by Crippen LogP contribution is -1.92. The largest absolute Gasteiger partial charge is 0.398 e. The summed E-state index contributed by atoms with van der Waals surface area (Å²) in [5, 5.41) is 10.8. The second-order valence-electron chi connectivity index (χ2n) is 4.39. The number of aryl methyl sites for hydroxylation is 2. The van der Waals surface area contributed by atoms with E-state index in [1.165, 1.54) is 23.4 Å². The van der Waals surface area contributed by atoms with Gasteiger partial charge in [-0.25, -0.2) is 0 Å². The summed E-state index contributed by atoms with van der Waals surface area (Å²) in [6, 6.07) is 10.8. The Morgan fingerprint density at radius 3 is 2.53 bits per heavy atom. The molecule has 0 radical (unpaired) electrons. The summed E-state index contributed by atoms with van der Waals surface area (Å²) in [6.07, 6.45) is 0. The Bertz CT molecular complexity index is 641. The van der Waals surface area contributed by atoms with Crippen molar-refractivity contribution in [3.63, 3.8) is 0 Å². The van der Waals surface area contributed by atoms with Crippen LogP contribution in [0.5, 0.6) is 0 Å². The lowest BCUT2D eigenvalue weighted by atomic mass is 10.2. The molecule has 2 aromatic carbocycles. The number of nitrogens with two attached hydrogens (primary N) is 1. The first kappa shape index (κ1) is 13.4. The van der Waals surface area contributed by atoms with E-state index in [1.807, 2.05) is 26.0 Å². The van der Waals surface area contributed by atoms with E-state index in [1.54, 1.807) is 12.1 Å². The third-order valence-corrected chi connectivity index (χ3v) is 3.83. The van der Waals surface area contributed by atoms with Gasteiger partial charge >= 0.3 is 0 Å². The molecule has 0 unspecified atom stereocenters. The minimum Gasteiger partial charge on any atom is -0.398 e. The molecule has 0 heterocycles. The predicted molar refractivity (Wildman–Crippen MR) is 77.5 cm³/mol. The number of benzene rings is 2. The molecule has 0 spiro atoms. The number of nitrogens with zero attached hydrogens (tertiary/aromatic N) is 1. The van der Waals surface area contributed by atoms with Gasteiger partial charge in [0.2, 0.25) is 0 Å². The number of anilines is 1. The first-order valence-electron chi connectivity index (χ1n) is 5.76. The van der Waals surface area contributed by atoms with Gasteiger partial charge in [0.05, 0.1) is 4.92 Å². The summed E-state index contributed by atoms with van der Waals surface area (Å²) < 4.78 is 0. The van der Waals surface area contributed by atoms with Gasteiger partial charge in [-0.15, -0.1) is 0 Å². The smallest absolute Gasteiger partial charge is 0.272 e. The zero-order valence-electron chi connectivity index (χ0n) is 10.7. The molecule has 0 atom stereocenters. The highest BCUT2D eigenvalue weighted by atomic mass is 32.2. The minimum absolute atomic E-state index is 0.0206. The maximum absolute atomic E-state index is 10.8. The Kier molecular flexibility index (Phi) is 3.76. The van der Waals surface area contributed by atoms with Crippen molar-refractivity contribution in [3.8, 4) is 0 Å². The molecule has 5 heteroatoms. The minimum atomic E-state index is -0.428. The quantitative estimate of drug-likeness (QED) is 0.523. The van der Waals surface area contributed by atoms with Gasteiger partial charge < -0.3 is 5.73 Å². The predicted octanol–water partition coefficient (Wildman–Crippen LogP) is 3.95. The van der Waals surface area contributed by atoms with Crippen LogP contribution in [-0.4, -0.2) is 4.92 Å². The molecule has 2 rings (SSSR count). The summed E-state index contributed by atoms with van der Waals surface area (Å²) in [7, 11) is 0. The summed E-state index contributed by atoms with van der Waals surface area (Å²) in [5.74, 6) is 0. The Morgan fingerprint density at radius 1 is 1.16 bits per heavy atom. The zero-order chi connectivity index (χ0) is 14.0. The maximum Gasteiger partial charge on any atom is 0.272 e. The van der Waals surface area contributed by atoms with E-state index in [0.29, 0.717) is 5.69 Å². The van der Waals surface area contributed by atoms with Crippen LogP contribution in [0.25, 0.3) is 0 Å². The fraction of sp³-hybridized carbons (Fsp3) is 0.143. The maximum atomic E-state index is 10.8. The van der Waals surface area contributed by atoms with Gasteiger partial charge in [0.1, 0.15) is 0 Å². The molecule has 0 bridgehead atoms. The molecule has 2 N–H and O–H groups in total. The summed E-state index contributed by atoms with van der Waals surface area (Å²) in [5.41, 5.74) is 8.46. The molecule has 0 amide bonds. The van der Waals surface area contributed by atoms with E-state index >= 15 is 0 Å². The van der Waals surface area contributed by atoms with Crippen molar-refractivity contribution in [1.82, 2.24) is 0 Å². The number of hydrogen-bond donors (Lipinski definition) is 1. The molecule has 0 saturated heterocycles. The van der Waals surface area contributed by atoms with E-state index in [0.717, 1.165) is 15.4 Å². The Hall–Kier alpha value is -2.01. The summed E-state index contributed by atoms with van der Waals surface area (Å²) in [4.78, 5) is 12.2. The van der Waals surface area contributed by atoms with Gasteiger partial charge in [0, 0.05) is 27.6 Å². The molecule has 98 valence electrons. The monoisotopic (exact) mass is 274 g/mol. The normalized spacial score (nSPS) is 10.4. The number of nitro benzene ring substituents is 1. The summed E-state index contributed by atoms with van der Waals surface area (Å²) >= 11 is 1.48. The molecule has 4 nitrogen and oxygen atoms in total. The molecule has 0 aliphatic heterocycles. The Labute approximate surface area is 115 Å². The molecule has 0 aromatic heterocycles. The van der Waals surface area contributed by atoms with E-state index in [9.17, 15) is 10.1 Å². The average molecular weight is 274 g/mol. The van der Waals surface area contributed by atoms with Crippen molar-refractivity contribution >= 4 is 23.1 Å². The van der Waals surface area contributed by atoms with Gasteiger partial charge in [0.25, 0.3) is 5.69 Å². The molecule has 0 fully saturated rings. The van der Waals surface area contributed by atoms with Crippen molar-refractivity contribution in [2.45, 2.75) is 23.6 Å². The van der Waals surface area contributed by atoms with Crippen LogP contribution in [0.4, 0.5) is 11.4 Å². The molecule has 19 heavy (non-hydrogen) atoms. The first-order valence-corrected chi connectivity index (χ1v) is 6.57. The Morgan fingerprint density at radius 2 is 1.89 bits per heavy atom. The van der Waals surface area contributed by atoms with Crippen LogP contribution in [0.15, 0.2) is 46.2 Å². The van der Waals surface area contributed by atoms with E-state index in [-0.39, 0.29) is 5.69 Å². The first-order chi connectivity index (χ1) is 8.95. The van der Waals surface area contributed by atoms with Crippen LogP contribution in [0.1, 0.15) is 11.1 Å². The van der Waals surface area contributed by atoms with Crippen molar-refractivity contribution in [2.75, 3.05) is 5.73 Å². The number of hydrogen-bond acceptors (Lipinski definition) is 4. The van der Waals surface area contributed by atoms with Gasteiger partial charge in [-0.2, -0.15) is 0 Å². The number of nitrogen functional groups attached to an aromatic ring is 1. The molecular formula is C14H14N2O2S. The highest BCUT2D eigenvalue weighted by Gasteiger charge is 2.10. The van der Waals surface area contributed by atoms with E-state index in [2.05, 4.69) is 6.07 Å². The molecule has 0 saturated carbocycles. The van der Waals surface area contributed by atoms with Gasteiger partial charge in [-0.3, -0.25) is 10.1 Å². The second kappa shape index (κ2) is 5.32. The molecule has 2 aromatic rings. The van der Waals surface area contributed by atoms with Crippen molar-refractivity contribution in [3.05, 3.63) is 57.6 Å². The van der Waals surface area contributed by atoms with E-state index in [4.69, 9.17) is 5.73 Å². The van der Waals surface area contributed by atoms with Crippen LogP contribution >= 0.6 is 11.8 Å².